The van der Waals surface area contributed by atoms with Crippen molar-refractivity contribution in [2.24, 2.45) is 7.05 Å². The Hall–Kier alpha value is -1.81. The van der Waals surface area contributed by atoms with Crippen LogP contribution < -0.4 is 0 Å². The van der Waals surface area contributed by atoms with Crippen molar-refractivity contribution >= 4 is 16.9 Å². The van der Waals surface area contributed by atoms with Crippen LogP contribution in [-0.4, -0.2) is 28.1 Å². The maximum atomic E-state index is 11.9. The largest absolute Gasteiger partial charge is 0.465 e. The molecule has 4 nitrogen and oxygen atoms in total. The average molecular weight is 286 g/mol. The molecule has 0 radical (unpaired) electrons. The molecule has 0 atom stereocenters. The second kappa shape index (κ2) is 4.60. The summed E-state index contributed by atoms with van der Waals surface area (Å²) in [5, 5.41) is 0.985. The van der Waals surface area contributed by atoms with Crippen molar-refractivity contribution < 1.29 is 9.53 Å². The van der Waals surface area contributed by atoms with E-state index in [1.165, 1.54) is 18.2 Å². The lowest BCUT2D eigenvalue weighted by atomic mass is 10.1. The highest BCUT2D eigenvalue weighted by Crippen LogP contribution is 2.33. The van der Waals surface area contributed by atoms with E-state index in [-0.39, 0.29) is 11.5 Å². The lowest BCUT2D eigenvalue weighted by Crippen LogP contribution is -2.36. The van der Waals surface area contributed by atoms with Gasteiger partial charge in [0.2, 0.25) is 0 Å². The Bertz CT molecular complexity index is 722. The number of nitrogens with zero attached hydrogens (tertiary/aromatic N) is 2. The summed E-state index contributed by atoms with van der Waals surface area (Å²) in [7, 11) is 3.40. The summed E-state index contributed by atoms with van der Waals surface area (Å²) in [6.07, 6.45) is 1.85. The molecule has 2 aromatic rings. The fourth-order valence-corrected chi connectivity index (χ4v) is 3.03. The Morgan fingerprint density at radius 3 is 2.38 bits per heavy atom. The normalized spacial score (nSPS) is 15.5. The highest BCUT2D eigenvalue weighted by atomic mass is 16.5. The molecule has 21 heavy (non-hydrogen) atoms. The molecule has 0 saturated heterocycles. The first-order valence-electron chi connectivity index (χ1n) is 7.25. The molecule has 0 fully saturated rings. The standard InChI is InChI=1S/C17H22N2O2/c1-17(2,3)19-8-11-6-13-14(16(20)21-5)10-18(4)15(13)7-12(11)9-19/h6-7,10H,8-9H2,1-5H3. The number of hydrogen-bond donors (Lipinski definition) is 0. The number of carbonyl (C=O) groups excluding carboxylic acids is 1. The molecule has 1 aliphatic rings. The SMILES string of the molecule is COC(=O)c1cn(C)c2cc3c(cc12)CN(C(C)(C)C)C3. The molecule has 1 aromatic carbocycles. The quantitative estimate of drug-likeness (QED) is 0.756. The van der Waals surface area contributed by atoms with E-state index >= 15 is 0 Å². The third-order valence-electron chi connectivity index (χ3n) is 4.39. The van der Waals surface area contributed by atoms with Gasteiger partial charge in [0.15, 0.2) is 0 Å². The van der Waals surface area contributed by atoms with Crippen LogP contribution in [0.3, 0.4) is 0 Å². The van der Waals surface area contributed by atoms with E-state index in [1.807, 2.05) is 17.8 Å². The highest BCUT2D eigenvalue weighted by Gasteiger charge is 2.29. The molecular formula is C17H22N2O2. The topological polar surface area (TPSA) is 34.5 Å². The van der Waals surface area contributed by atoms with E-state index in [9.17, 15) is 4.79 Å². The molecule has 112 valence electrons. The molecule has 0 N–H and O–H groups in total. The Balaban J connectivity index is 2.11. The molecule has 1 aromatic heterocycles. The van der Waals surface area contributed by atoms with Crippen LogP contribution in [0.4, 0.5) is 0 Å². The lowest BCUT2D eigenvalue weighted by molar-refractivity contribution is 0.0602. The third kappa shape index (κ3) is 2.23. The molecule has 4 heteroatoms. The number of methoxy groups -OCH3 is 1. The Kier molecular flexibility index (Phi) is 3.10. The number of ether oxygens (including phenoxy) is 1. The van der Waals surface area contributed by atoms with Crippen molar-refractivity contribution in [3.8, 4) is 0 Å². The molecule has 3 rings (SSSR count). The number of aryl methyl sites for hydroxylation is 1. The molecule has 0 unspecified atom stereocenters. The molecule has 0 aliphatic carbocycles. The van der Waals surface area contributed by atoms with Crippen LogP contribution in [0.15, 0.2) is 18.3 Å². The van der Waals surface area contributed by atoms with E-state index in [1.54, 1.807) is 0 Å². The van der Waals surface area contributed by atoms with E-state index in [0.29, 0.717) is 5.56 Å². The molecule has 0 amide bonds. The monoisotopic (exact) mass is 286 g/mol. The predicted octanol–water partition coefficient (Wildman–Crippen LogP) is 3.08. The summed E-state index contributed by atoms with van der Waals surface area (Å²) >= 11 is 0. The van der Waals surface area contributed by atoms with Crippen LogP contribution in [-0.2, 0) is 24.9 Å². The molecule has 0 bridgehead atoms. The summed E-state index contributed by atoms with van der Waals surface area (Å²) in [5.41, 5.74) is 4.55. The zero-order chi connectivity index (χ0) is 15.4. The van der Waals surface area contributed by atoms with Crippen molar-refractivity contribution in [3.05, 3.63) is 35.0 Å². The van der Waals surface area contributed by atoms with Crippen molar-refractivity contribution in [1.29, 1.82) is 0 Å². The van der Waals surface area contributed by atoms with Crippen LogP contribution >= 0.6 is 0 Å². The number of fused-ring (bicyclic) bond motifs is 2. The van der Waals surface area contributed by atoms with E-state index < -0.39 is 0 Å². The number of benzene rings is 1. The number of carbonyl (C=O) groups is 1. The predicted molar refractivity (Wildman–Crippen MR) is 83.3 cm³/mol. The molecule has 0 spiro atoms. The maximum Gasteiger partial charge on any atom is 0.340 e. The first-order chi connectivity index (χ1) is 9.81. The average Bonchev–Trinajstić information content (AvgIpc) is 2.97. The minimum Gasteiger partial charge on any atom is -0.465 e. The number of aromatic nitrogens is 1. The Morgan fingerprint density at radius 1 is 1.19 bits per heavy atom. The Labute approximate surface area is 125 Å². The summed E-state index contributed by atoms with van der Waals surface area (Å²) in [5.74, 6) is -0.272. The molecular weight excluding hydrogens is 264 g/mol. The second-order valence-corrected chi connectivity index (χ2v) is 6.81. The number of esters is 1. The van der Waals surface area contributed by atoms with Crippen LogP contribution in [0.2, 0.25) is 0 Å². The number of hydrogen-bond acceptors (Lipinski definition) is 3. The van der Waals surface area contributed by atoms with E-state index in [0.717, 1.165) is 24.0 Å². The second-order valence-electron chi connectivity index (χ2n) is 6.81. The van der Waals surface area contributed by atoms with Crippen molar-refractivity contribution in [2.45, 2.75) is 39.4 Å². The van der Waals surface area contributed by atoms with Crippen LogP contribution in [0.25, 0.3) is 10.9 Å². The van der Waals surface area contributed by atoms with Gasteiger partial charge in [-0.3, -0.25) is 4.90 Å². The Morgan fingerprint density at radius 2 is 1.81 bits per heavy atom. The van der Waals surface area contributed by atoms with Gasteiger partial charge in [0.05, 0.1) is 12.7 Å². The summed E-state index contributed by atoms with van der Waals surface area (Å²) in [4.78, 5) is 14.4. The first kappa shape index (κ1) is 14.1. The fourth-order valence-electron chi connectivity index (χ4n) is 3.03. The smallest absolute Gasteiger partial charge is 0.340 e. The van der Waals surface area contributed by atoms with Gasteiger partial charge in [-0.2, -0.15) is 0 Å². The van der Waals surface area contributed by atoms with Gasteiger partial charge < -0.3 is 9.30 Å². The van der Waals surface area contributed by atoms with Gasteiger partial charge in [-0.1, -0.05) is 0 Å². The zero-order valence-corrected chi connectivity index (χ0v) is 13.4. The summed E-state index contributed by atoms with van der Waals surface area (Å²) in [6.45, 7) is 8.60. The van der Waals surface area contributed by atoms with Gasteiger partial charge in [-0.05, 0) is 44.0 Å². The summed E-state index contributed by atoms with van der Waals surface area (Å²) < 4.78 is 6.89. The van der Waals surface area contributed by atoms with Gasteiger partial charge in [0, 0.05) is 42.8 Å². The van der Waals surface area contributed by atoms with Gasteiger partial charge in [-0.25, -0.2) is 4.79 Å². The van der Waals surface area contributed by atoms with E-state index in [4.69, 9.17) is 4.74 Å². The van der Waals surface area contributed by atoms with Crippen LogP contribution in [0.1, 0.15) is 42.3 Å². The van der Waals surface area contributed by atoms with E-state index in [2.05, 4.69) is 37.8 Å². The van der Waals surface area contributed by atoms with Gasteiger partial charge >= 0.3 is 5.97 Å². The fraction of sp³-hybridized carbons (Fsp3) is 0.471. The third-order valence-corrected chi connectivity index (χ3v) is 4.39. The maximum absolute atomic E-state index is 11.9. The van der Waals surface area contributed by atoms with Crippen LogP contribution in [0.5, 0.6) is 0 Å². The minimum absolute atomic E-state index is 0.149. The summed E-state index contributed by atoms with van der Waals surface area (Å²) in [6, 6.07) is 4.37. The van der Waals surface area contributed by atoms with Crippen LogP contribution in [0, 0.1) is 0 Å². The lowest BCUT2D eigenvalue weighted by Gasteiger charge is -2.31. The van der Waals surface area contributed by atoms with Gasteiger partial charge in [0.25, 0.3) is 0 Å². The first-order valence-corrected chi connectivity index (χ1v) is 7.25. The minimum atomic E-state index is -0.272. The van der Waals surface area contributed by atoms with Gasteiger partial charge in [-0.15, -0.1) is 0 Å². The van der Waals surface area contributed by atoms with Gasteiger partial charge in [0.1, 0.15) is 0 Å². The van der Waals surface area contributed by atoms with Crippen molar-refractivity contribution in [1.82, 2.24) is 9.47 Å². The highest BCUT2D eigenvalue weighted by molar-refractivity contribution is 6.04. The van der Waals surface area contributed by atoms with Crippen molar-refractivity contribution in [3.63, 3.8) is 0 Å². The zero-order valence-electron chi connectivity index (χ0n) is 13.4. The van der Waals surface area contributed by atoms with Crippen molar-refractivity contribution in [2.75, 3.05) is 7.11 Å². The molecule has 1 aliphatic heterocycles. The number of rotatable bonds is 1. The molecule has 2 heterocycles. The molecule has 0 saturated carbocycles.